The third kappa shape index (κ3) is 47.1. The molecule has 0 fully saturated rings. The molecule has 0 aliphatic rings. The molecule has 0 aliphatic heterocycles. The van der Waals surface area contributed by atoms with Crippen LogP contribution in [-0.2, 0) is 28.6 Å². The number of hydrogen-bond donors (Lipinski definition) is 0. The second-order valence-electron chi connectivity index (χ2n) is 16.0. The van der Waals surface area contributed by atoms with E-state index in [-0.39, 0.29) is 31.6 Å². The molecule has 0 heterocycles. The Kier molecular flexibility index (Phi) is 46.6. The van der Waals surface area contributed by atoms with Gasteiger partial charge in [0.15, 0.2) is 6.10 Å². The van der Waals surface area contributed by atoms with Gasteiger partial charge in [-0.25, -0.2) is 0 Å². The number of unbranched alkanes of at least 4 members (excludes halogenated alkanes) is 14. The minimum atomic E-state index is -0.822. The Morgan fingerprint density at radius 1 is 0.339 bits per heavy atom. The Labute approximate surface area is 380 Å². The lowest BCUT2D eigenvalue weighted by atomic mass is 10.1. The van der Waals surface area contributed by atoms with Gasteiger partial charge in [-0.1, -0.05) is 207 Å². The van der Waals surface area contributed by atoms with Crippen LogP contribution in [-0.4, -0.2) is 37.2 Å². The molecule has 1 atom stereocenters. The van der Waals surface area contributed by atoms with E-state index in [1.807, 2.05) is 12.2 Å². The van der Waals surface area contributed by atoms with Crippen LogP contribution < -0.4 is 0 Å². The average molecular weight is 859 g/mol. The molecule has 0 N–H and O–H groups in total. The largest absolute Gasteiger partial charge is 0.462 e. The summed E-state index contributed by atoms with van der Waals surface area (Å²) >= 11 is 0. The van der Waals surface area contributed by atoms with Crippen LogP contribution in [0.2, 0.25) is 0 Å². The summed E-state index contributed by atoms with van der Waals surface area (Å²) in [6, 6.07) is 0. The molecule has 0 radical (unpaired) electrons. The highest BCUT2D eigenvalue weighted by Gasteiger charge is 2.19. The Bertz CT molecular complexity index is 1310. The van der Waals surface area contributed by atoms with E-state index in [1.165, 1.54) is 51.4 Å². The summed E-state index contributed by atoms with van der Waals surface area (Å²) in [5, 5.41) is 0. The molecule has 0 rings (SSSR count). The van der Waals surface area contributed by atoms with Gasteiger partial charge in [0.05, 0.1) is 0 Å². The third-order valence-corrected chi connectivity index (χ3v) is 10.0. The van der Waals surface area contributed by atoms with Crippen LogP contribution in [0.1, 0.15) is 207 Å². The molecule has 0 bridgehead atoms. The van der Waals surface area contributed by atoms with Crippen molar-refractivity contribution in [3.8, 4) is 0 Å². The summed E-state index contributed by atoms with van der Waals surface area (Å²) < 4.78 is 16.7. The van der Waals surface area contributed by atoms with Crippen molar-refractivity contribution in [3.05, 3.63) is 109 Å². The fraction of sp³-hybridized carbons (Fsp3) is 0.625. The van der Waals surface area contributed by atoms with E-state index in [0.29, 0.717) is 19.3 Å². The standard InChI is InChI=1S/C56H90O6/c1-4-7-10-13-16-19-21-23-25-27-28-29-31-32-34-37-40-43-46-49-55(58)61-52-53(51-60-54(57)48-45-42-39-36-18-15-12-9-6-3)62-56(59)50-47-44-41-38-35-33-30-26-24-22-20-17-14-11-8-5-2/h7-8,10-11,16-17,19-20,23-26,28-29,33,35,41,44,53H,4-6,9,12-15,18,21-22,27,30-32,34,36-40,42-43,45-52H2,1-3H3/b10-7-,11-8-,19-16-,20-17-,25-23-,26-24-,29-28-,35-33-,44-41-. The fourth-order valence-electron chi connectivity index (χ4n) is 6.36. The monoisotopic (exact) mass is 859 g/mol. The van der Waals surface area contributed by atoms with Gasteiger partial charge in [-0.05, 0) is 89.9 Å². The summed E-state index contributed by atoms with van der Waals surface area (Å²) in [6.07, 6.45) is 66.6. The minimum absolute atomic E-state index is 0.113. The molecule has 0 aliphatic carbocycles. The minimum Gasteiger partial charge on any atom is -0.462 e. The van der Waals surface area contributed by atoms with E-state index in [9.17, 15) is 14.4 Å². The van der Waals surface area contributed by atoms with Gasteiger partial charge in [0.2, 0.25) is 0 Å². The normalized spacial score (nSPS) is 13.0. The zero-order chi connectivity index (χ0) is 45.1. The van der Waals surface area contributed by atoms with Crippen molar-refractivity contribution in [3.63, 3.8) is 0 Å². The van der Waals surface area contributed by atoms with E-state index in [2.05, 4.69) is 118 Å². The molecule has 6 nitrogen and oxygen atoms in total. The van der Waals surface area contributed by atoms with Gasteiger partial charge in [-0.2, -0.15) is 0 Å². The quantitative estimate of drug-likeness (QED) is 0.0263. The third-order valence-electron chi connectivity index (χ3n) is 10.0. The Morgan fingerprint density at radius 2 is 0.661 bits per heavy atom. The lowest BCUT2D eigenvalue weighted by Gasteiger charge is -2.18. The smallest absolute Gasteiger partial charge is 0.306 e. The lowest BCUT2D eigenvalue weighted by molar-refractivity contribution is -0.166. The van der Waals surface area contributed by atoms with Gasteiger partial charge in [0.1, 0.15) is 13.2 Å². The molecule has 1 unspecified atom stereocenters. The van der Waals surface area contributed by atoms with E-state index in [0.717, 1.165) is 109 Å². The SMILES string of the molecule is CC/C=C\C/C=C\C/C=C\C/C=C\C/C=C\CCC(=O)OC(COC(=O)CCCCCCCC/C=C\C/C=C\C/C=C\C/C=C\CC)COC(=O)CCCCCCCCCCC. The van der Waals surface area contributed by atoms with Crippen molar-refractivity contribution in [2.24, 2.45) is 0 Å². The average Bonchev–Trinajstić information content (AvgIpc) is 3.27. The zero-order valence-electron chi connectivity index (χ0n) is 39.8. The van der Waals surface area contributed by atoms with Gasteiger partial charge in [-0.3, -0.25) is 14.4 Å². The van der Waals surface area contributed by atoms with Gasteiger partial charge >= 0.3 is 17.9 Å². The van der Waals surface area contributed by atoms with Gasteiger partial charge < -0.3 is 14.2 Å². The number of ether oxygens (including phenoxy) is 3. The first-order valence-electron chi connectivity index (χ1n) is 24.9. The van der Waals surface area contributed by atoms with E-state index in [4.69, 9.17) is 14.2 Å². The number of carbonyl (C=O) groups excluding carboxylic acids is 3. The molecule has 0 amide bonds. The molecule has 0 aromatic heterocycles. The molecular formula is C56H90O6. The van der Waals surface area contributed by atoms with Crippen molar-refractivity contribution in [1.29, 1.82) is 0 Å². The number of hydrogen-bond acceptors (Lipinski definition) is 6. The van der Waals surface area contributed by atoms with Crippen LogP contribution >= 0.6 is 0 Å². The number of rotatable bonds is 43. The molecular weight excluding hydrogens is 769 g/mol. The van der Waals surface area contributed by atoms with Crippen molar-refractivity contribution in [2.75, 3.05) is 13.2 Å². The van der Waals surface area contributed by atoms with Crippen molar-refractivity contribution in [2.45, 2.75) is 213 Å². The second kappa shape index (κ2) is 49.7. The maximum atomic E-state index is 12.7. The van der Waals surface area contributed by atoms with Gasteiger partial charge in [-0.15, -0.1) is 0 Å². The Balaban J connectivity index is 4.47. The predicted molar refractivity (Wildman–Crippen MR) is 265 cm³/mol. The number of allylic oxidation sites excluding steroid dienone is 18. The van der Waals surface area contributed by atoms with Crippen LogP contribution in [0.5, 0.6) is 0 Å². The maximum Gasteiger partial charge on any atom is 0.306 e. The molecule has 0 saturated heterocycles. The van der Waals surface area contributed by atoms with Gasteiger partial charge in [0, 0.05) is 19.3 Å². The van der Waals surface area contributed by atoms with Crippen molar-refractivity contribution < 1.29 is 28.6 Å². The summed E-state index contributed by atoms with van der Waals surface area (Å²) in [5.74, 6) is -1.02. The van der Waals surface area contributed by atoms with Crippen LogP contribution in [0.25, 0.3) is 0 Å². The summed E-state index contributed by atoms with van der Waals surface area (Å²) in [5.41, 5.74) is 0. The van der Waals surface area contributed by atoms with Crippen molar-refractivity contribution >= 4 is 17.9 Å². The molecule has 0 aromatic rings. The lowest BCUT2D eigenvalue weighted by Crippen LogP contribution is -2.30. The summed E-state index contributed by atoms with van der Waals surface area (Å²) in [7, 11) is 0. The second-order valence-corrected chi connectivity index (χ2v) is 16.0. The summed E-state index contributed by atoms with van der Waals surface area (Å²) in [6.45, 7) is 6.30. The van der Waals surface area contributed by atoms with E-state index >= 15 is 0 Å². The van der Waals surface area contributed by atoms with Gasteiger partial charge in [0.25, 0.3) is 0 Å². The van der Waals surface area contributed by atoms with Crippen LogP contribution in [0, 0.1) is 0 Å². The highest BCUT2D eigenvalue weighted by atomic mass is 16.6. The molecule has 0 aromatic carbocycles. The fourth-order valence-corrected chi connectivity index (χ4v) is 6.36. The number of carbonyl (C=O) groups is 3. The molecule has 350 valence electrons. The first-order chi connectivity index (χ1) is 30.5. The summed E-state index contributed by atoms with van der Waals surface area (Å²) in [4.78, 5) is 37.8. The van der Waals surface area contributed by atoms with Crippen LogP contribution in [0.3, 0.4) is 0 Å². The molecule has 0 saturated carbocycles. The van der Waals surface area contributed by atoms with E-state index < -0.39 is 12.1 Å². The Hall–Kier alpha value is -3.93. The zero-order valence-corrected chi connectivity index (χ0v) is 39.8. The number of esters is 3. The molecule has 62 heavy (non-hydrogen) atoms. The topological polar surface area (TPSA) is 78.9 Å². The predicted octanol–water partition coefficient (Wildman–Crippen LogP) is 16.4. The molecule has 0 spiro atoms. The van der Waals surface area contributed by atoms with Crippen LogP contribution in [0.4, 0.5) is 0 Å². The first kappa shape index (κ1) is 58.1. The Morgan fingerprint density at radius 3 is 1.05 bits per heavy atom. The highest BCUT2D eigenvalue weighted by Crippen LogP contribution is 2.13. The van der Waals surface area contributed by atoms with Crippen molar-refractivity contribution in [1.82, 2.24) is 0 Å². The van der Waals surface area contributed by atoms with Crippen LogP contribution in [0.15, 0.2) is 109 Å². The highest BCUT2D eigenvalue weighted by molar-refractivity contribution is 5.71. The van der Waals surface area contributed by atoms with E-state index in [1.54, 1.807) is 0 Å². The maximum absolute atomic E-state index is 12.7. The first-order valence-corrected chi connectivity index (χ1v) is 24.9. The molecule has 6 heteroatoms.